The number of sulfonamides is 1. The molecule has 0 aliphatic heterocycles. The number of hydrogen-bond donors (Lipinski definition) is 3. The van der Waals surface area contributed by atoms with Crippen molar-refractivity contribution in [3.05, 3.63) is 36.7 Å². The fraction of sp³-hybridized carbons (Fsp3) is 0.143. The molecule has 0 unspecified atom stereocenters. The maximum absolute atomic E-state index is 12.4. The zero-order chi connectivity index (χ0) is 18.4. The second-order valence-electron chi connectivity index (χ2n) is 4.71. The molecule has 132 valence electrons. The van der Waals surface area contributed by atoms with Crippen LogP contribution in [0.15, 0.2) is 41.6 Å². The van der Waals surface area contributed by atoms with Crippen molar-refractivity contribution in [1.82, 2.24) is 15.3 Å². The monoisotopic (exact) mass is 381 g/mol. The van der Waals surface area contributed by atoms with E-state index >= 15 is 0 Å². The minimum Gasteiger partial charge on any atom is -0.481 e. The molecule has 0 radical (unpaired) electrons. The highest BCUT2D eigenvalue weighted by Gasteiger charge is 2.15. The van der Waals surface area contributed by atoms with E-state index in [9.17, 15) is 13.2 Å². The number of aromatic nitrogens is 2. The number of rotatable bonds is 5. The van der Waals surface area contributed by atoms with Crippen molar-refractivity contribution in [2.45, 2.75) is 11.8 Å². The Bertz CT molecular complexity index is 884. The largest absolute Gasteiger partial charge is 0.481 e. The van der Waals surface area contributed by atoms with Crippen molar-refractivity contribution in [1.29, 1.82) is 0 Å². The van der Waals surface area contributed by atoms with Gasteiger partial charge >= 0.3 is 0 Å². The summed E-state index contributed by atoms with van der Waals surface area (Å²) in [5.41, 5.74) is 0.529. The van der Waals surface area contributed by atoms with E-state index in [-0.39, 0.29) is 27.6 Å². The topological polar surface area (TPSA) is 122 Å². The van der Waals surface area contributed by atoms with Crippen molar-refractivity contribution in [3.63, 3.8) is 0 Å². The maximum Gasteiger partial charge on any atom is 0.263 e. The van der Waals surface area contributed by atoms with Crippen LogP contribution in [0.25, 0.3) is 0 Å². The average molecular weight is 381 g/mol. The predicted octanol–water partition coefficient (Wildman–Crippen LogP) is 1.12. The van der Waals surface area contributed by atoms with Gasteiger partial charge in [-0.05, 0) is 36.5 Å². The molecule has 0 bridgehead atoms. The summed E-state index contributed by atoms with van der Waals surface area (Å²) in [5, 5.41) is 5.29. The number of anilines is 2. The minimum atomic E-state index is -3.83. The van der Waals surface area contributed by atoms with Crippen LogP contribution in [0.5, 0.6) is 5.88 Å². The van der Waals surface area contributed by atoms with Crippen LogP contribution in [0.4, 0.5) is 11.5 Å². The molecule has 2 aromatic rings. The highest BCUT2D eigenvalue weighted by atomic mass is 32.2. The third-order valence-corrected chi connectivity index (χ3v) is 4.38. The molecule has 0 fully saturated rings. The van der Waals surface area contributed by atoms with E-state index in [0.717, 1.165) is 0 Å². The molecular formula is C14H15N5O4S2. The summed E-state index contributed by atoms with van der Waals surface area (Å²) in [6.07, 6.45) is 1.19. The number of nitrogens with zero attached hydrogens (tertiary/aromatic N) is 2. The molecule has 25 heavy (non-hydrogen) atoms. The third-order valence-electron chi connectivity index (χ3n) is 2.80. The van der Waals surface area contributed by atoms with Gasteiger partial charge in [-0.2, -0.15) is 0 Å². The number of benzene rings is 1. The maximum atomic E-state index is 12.4. The van der Waals surface area contributed by atoms with Crippen LogP contribution in [0.3, 0.4) is 0 Å². The number of amides is 1. The van der Waals surface area contributed by atoms with Gasteiger partial charge < -0.3 is 15.4 Å². The van der Waals surface area contributed by atoms with Gasteiger partial charge in [-0.1, -0.05) is 0 Å². The van der Waals surface area contributed by atoms with E-state index < -0.39 is 10.0 Å². The molecule has 1 heterocycles. The van der Waals surface area contributed by atoms with E-state index in [1.54, 1.807) is 0 Å². The van der Waals surface area contributed by atoms with Gasteiger partial charge in [-0.15, -0.1) is 0 Å². The Morgan fingerprint density at radius 3 is 2.48 bits per heavy atom. The summed E-state index contributed by atoms with van der Waals surface area (Å²) < 4.78 is 32.0. The summed E-state index contributed by atoms with van der Waals surface area (Å²) in [6, 6.07) is 7.17. The standard InChI is InChI=1S/C14H15N5O4S2/c1-9(20)17-14(24)18-10-3-5-11(6-4-10)25(21,22)19-12-7-13(23-2)16-8-15-12/h3-8H,1-2H3,(H,15,16,19)(H2,17,18,20,24). The Kier molecular flexibility index (Phi) is 5.83. The molecule has 0 aliphatic carbocycles. The fourth-order valence-electron chi connectivity index (χ4n) is 1.74. The first kappa shape index (κ1) is 18.5. The van der Waals surface area contributed by atoms with Crippen molar-refractivity contribution < 1.29 is 17.9 Å². The van der Waals surface area contributed by atoms with Gasteiger partial charge in [0.15, 0.2) is 5.11 Å². The van der Waals surface area contributed by atoms with Crippen LogP contribution in [0.1, 0.15) is 6.92 Å². The molecule has 0 saturated carbocycles. The van der Waals surface area contributed by atoms with Crippen LogP contribution in [-0.4, -0.2) is 36.5 Å². The van der Waals surface area contributed by atoms with Crippen LogP contribution >= 0.6 is 12.2 Å². The van der Waals surface area contributed by atoms with E-state index in [2.05, 4.69) is 25.3 Å². The number of carbonyl (C=O) groups excluding carboxylic acids is 1. The van der Waals surface area contributed by atoms with Crippen LogP contribution in [0, 0.1) is 0 Å². The Balaban J connectivity index is 2.11. The zero-order valence-electron chi connectivity index (χ0n) is 13.3. The average Bonchev–Trinajstić information content (AvgIpc) is 2.54. The fourth-order valence-corrected chi connectivity index (χ4v) is 3.00. The summed E-state index contributed by atoms with van der Waals surface area (Å²) in [7, 11) is -2.41. The number of carbonyl (C=O) groups is 1. The third kappa shape index (κ3) is 5.36. The zero-order valence-corrected chi connectivity index (χ0v) is 14.9. The van der Waals surface area contributed by atoms with Crippen molar-refractivity contribution in [2.75, 3.05) is 17.1 Å². The summed E-state index contributed by atoms with van der Waals surface area (Å²) in [4.78, 5) is 18.6. The van der Waals surface area contributed by atoms with Gasteiger partial charge in [-0.3, -0.25) is 9.52 Å². The van der Waals surface area contributed by atoms with Crippen LogP contribution in [-0.2, 0) is 14.8 Å². The van der Waals surface area contributed by atoms with Gasteiger partial charge in [0.2, 0.25) is 11.8 Å². The molecule has 11 heteroatoms. The first-order valence-corrected chi connectivity index (χ1v) is 8.77. The lowest BCUT2D eigenvalue weighted by molar-refractivity contribution is -0.117. The summed E-state index contributed by atoms with van der Waals surface area (Å²) in [5.74, 6) is 0.0146. The Hall–Kier alpha value is -2.79. The molecular weight excluding hydrogens is 366 g/mol. The number of methoxy groups -OCH3 is 1. The van der Waals surface area contributed by atoms with Gasteiger partial charge in [0.05, 0.1) is 12.0 Å². The van der Waals surface area contributed by atoms with Gasteiger partial charge in [0, 0.05) is 18.7 Å². The van der Waals surface area contributed by atoms with Gasteiger partial charge in [0.25, 0.3) is 10.0 Å². The molecule has 1 amide bonds. The predicted molar refractivity (Wildman–Crippen MR) is 95.9 cm³/mol. The van der Waals surface area contributed by atoms with Crippen molar-refractivity contribution in [3.8, 4) is 5.88 Å². The molecule has 3 N–H and O–H groups in total. The first-order valence-electron chi connectivity index (χ1n) is 6.87. The molecule has 0 atom stereocenters. The number of thiocarbonyl (C=S) groups is 1. The quantitative estimate of drug-likeness (QED) is 0.659. The van der Waals surface area contributed by atoms with E-state index in [1.165, 1.54) is 50.7 Å². The lowest BCUT2D eigenvalue weighted by Gasteiger charge is -2.10. The van der Waals surface area contributed by atoms with E-state index in [4.69, 9.17) is 17.0 Å². The normalized spacial score (nSPS) is 10.6. The Morgan fingerprint density at radius 1 is 1.20 bits per heavy atom. The molecule has 1 aromatic carbocycles. The second-order valence-corrected chi connectivity index (χ2v) is 6.80. The van der Waals surface area contributed by atoms with Crippen molar-refractivity contribution in [2.24, 2.45) is 0 Å². The lowest BCUT2D eigenvalue weighted by atomic mass is 10.3. The summed E-state index contributed by atoms with van der Waals surface area (Å²) >= 11 is 4.93. The van der Waals surface area contributed by atoms with E-state index in [0.29, 0.717) is 5.69 Å². The highest BCUT2D eigenvalue weighted by Crippen LogP contribution is 2.18. The van der Waals surface area contributed by atoms with Crippen molar-refractivity contribution >= 4 is 44.8 Å². The molecule has 2 rings (SSSR count). The van der Waals surface area contributed by atoms with Gasteiger partial charge in [0.1, 0.15) is 12.1 Å². The lowest BCUT2D eigenvalue weighted by Crippen LogP contribution is -2.32. The first-order chi connectivity index (χ1) is 11.8. The van der Waals surface area contributed by atoms with Crippen LogP contribution in [0.2, 0.25) is 0 Å². The summed E-state index contributed by atoms with van der Waals surface area (Å²) in [6.45, 7) is 1.33. The molecule has 1 aromatic heterocycles. The molecule has 9 nitrogen and oxygen atoms in total. The number of nitrogens with one attached hydrogen (secondary N) is 3. The minimum absolute atomic E-state index is 0.0288. The Morgan fingerprint density at radius 2 is 1.88 bits per heavy atom. The number of ether oxygens (including phenoxy) is 1. The van der Waals surface area contributed by atoms with E-state index in [1.807, 2.05) is 0 Å². The van der Waals surface area contributed by atoms with Crippen LogP contribution < -0.4 is 20.1 Å². The SMILES string of the molecule is COc1cc(NS(=O)(=O)c2ccc(NC(=S)NC(C)=O)cc2)ncn1. The number of hydrogen-bond acceptors (Lipinski definition) is 7. The Labute approximate surface area is 149 Å². The smallest absolute Gasteiger partial charge is 0.263 e. The molecule has 0 spiro atoms. The highest BCUT2D eigenvalue weighted by molar-refractivity contribution is 7.92. The molecule has 0 saturated heterocycles. The van der Waals surface area contributed by atoms with Gasteiger partial charge in [-0.25, -0.2) is 18.4 Å². The second kappa shape index (κ2) is 7.85. The molecule has 0 aliphatic rings.